The van der Waals surface area contributed by atoms with Crippen molar-refractivity contribution in [3.63, 3.8) is 0 Å². The number of amides is 3. The summed E-state index contributed by atoms with van der Waals surface area (Å²) in [5.74, 6) is 7.34. The normalized spacial score (nSPS) is 19.7. The van der Waals surface area contributed by atoms with Crippen LogP contribution in [0.2, 0.25) is 20.1 Å². The van der Waals surface area contributed by atoms with Crippen LogP contribution >= 0.6 is 46.4 Å². The number of imide groups is 1. The predicted molar refractivity (Wildman–Crippen MR) is 303 cm³/mol. The van der Waals surface area contributed by atoms with Gasteiger partial charge in [-0.15, -0.1) is 0 Å². The Bertz CT molecular complexity index is 2520. The third kappa shape index (κ3) is 19.1. The fourth-order valence-corrected chi connectivity index (χ4v) is 10.2. The second kappa shape index (κ2) is 26.5. The number of rotatable bonds is 12. The number of aromatic nitrogens is 6. The van der Waals surface area contributed by atoms with E-state index in [2.05, 4.69) is 57.3 Å². The fourth-order valence-electron chi connectivity index (χ4n) is 9.62. The summed E-state index contributed by atoms with van der Waals surface area (Å²) >= 11 is 24.0. The third-order valence-corrected chi connectivity index (χ3v) is 14.2. The molecule has 76 heavy (non-hydrogen) atoms. The van der Waals surface area contributed by atoms with Gasteiger partial charge in [0, 0.05) is 32.7 Å². The third-order valence-electron chi connectivity index (χ3n) is 13.2. The molecule has 0 radical (unpaired) electrons. The Labute approximate surface area is 468 Å². The van der Waals surface area contributed by atoms with E-state index < -0.39 is 35.1 Å². The van der Waals surface area contributed by atoms with Crippen molar-refractivity contribution in [2.75, 3.05) is 63.8 Å². The smallest absolute Gasteiger partial charge is 0.425 e. The minimum Gasteiger partial charge on any atom is -0.444 e. The van der Waals surface area contributed by atoms with Crippen LogP contribution in [-0.4, -0.2) is 97.7 Å². The number of hydrogen-bond donors (Lipinski definition) is 3. The largest absolute Gasteiger partial charge is 0.444 e. The number of piperidine rings is 2. The van der Waals surface area contributed by atoms with E-state index in [0.717, 1.165) is 85.8 Å². The van der Waals surface area contributed by atoms with Crippen molar-refractivity contribution in [2.45, 2.75) is 144 Å². The van der Waals surface area contributed by atoms with Crippen LogP contribution in [0.3, 0.4) is 0 Å². The van der Waals surface area contributed by atoms with Crippen LogP contribution in [0.25, 0.3) is 0 Å². The molecule has 2 saturated heterocycles. The topological polar surface area (TPSA) is 216 Å². The Kier molecular flexibility index (Phi) is 20.9. The second-order valence-corrected chi connectivity index (χ2v) is 24.6. The monoisotopic (exact) mass is 1130 g/mol. The maximum Gasteiger partial charge on any atom is 0.425 e. The van der Waals surface area contributed by atoms with Gasteiger partial charge in [0.1, 0.15) is 22.6 Å². The average molecular weight is 1130 g/mol. The highest BCUT2D eigenvalue weighted by Gasteiger charge is 2.44. The number of ether oxygens (including phenoxy) is 3. The van der Waals surface area contributed by atoms with Crippen LogP contribution in [-0.2, 0) is 14.2 Å². The molecular weight excluding hydrogens is 1050 g/mol. The zero-order valence-corrected chi connectivity index (χ0v) is 48.6. The molecule has 3 amide bonds. The highest BCUT2D eigenvalue weighted by molar-refractivity contribution is 6.35. The lowest BCUT2D eigenvalue weighted by Crippen LogP contribution is -2.44. The Balaban J connectivity index is 0.000000189. The van der Waals surface area contributed by atoms with Gasteiger partial charge in [-0.25, -0.2) is 44.3 Å². The number of carbonyl (C=O) groups excluding carboxylic acids is 3. The van der Waals surface area contributed by atoms with E-state index in [4.69, 9.17) is 66.3 Å². The molecule has 0 spiro atoms. The van der Waals surface area contributed by atoms with Gasteiger partial charge in [-0.3, -0.25) is 5.32 Å². The molecule has 0 aromatic carbocycles. The van der Waals surface area contributed by atoms with Gasteiger partial charge in [0.05, 0.1) is 68.6 Å². The number of nitrogens with zero attached hydrogens (tertiary/aromatic N) is 9. The van der Waals surface area contributed by atoms with Gasteiger partial charge in [0.25, 0.3) is 0 Å². The molecular formula is C54H76Cl4N12O6. The summed E-state index contributed by atoms with van der Waals surface area (Å²) in [7, 11) is 0. The number of pyridine rings is 2. The molecule has 4 aliphatic rings. The number of nitrogens with two attached hydrogens (primary N) is 1. The van der Waals surface area contributed by atoms with Crippen molar-refractivity contribution in [1.82, 2.24) is 29.9 Å². The number of anilines is 6. The van der Waals surface area contributed by atoms with Gasteiger partial charge >= 0.3 is 18.3 Å². The van der Waals surface area contributed by atoms with Gasteiger partial charge < -0.3 is 35.1 Å². The van der Waals surface area contributed by atoms with E-state index in [0.29, 0.717) is 25.8 Å². The summed E-state index contributed by atoms with van der Waals surface area (Å²) in [6.45, 7) is 22.6. The minimum absolute atomic E-state index is 0.0831. The SMILES string of the molecule is CC(C)(C)OC(=O)Nc1cnc(N(C(=O)OC(C)(C)C)C(=O)OC(C)(C)C)c(Cl)c1.CCC[C@@H]1C[C@@H]1C1CCN(c2ncc(Cl)cn2)CC1.Nc1ncc(NCC[C@@H]2C[C@@H]2C2CCN(c3ncc(Cl)cn3)CC2)cc1Cl. The lowest BCUT2D eigenvalue weighted by molar-refractivity contribution is 0.0427. The number of hydrogen-bond acceptors (Lipinski definition) is 16. The van der Waals surface area contributed by atoms with Crippen molar-refractivity contribution < 1.29 is 28.6 Å². The van der Waals surface area contributed by atoms with Gasteiger partial charge in [-0.1, -0.05) is 66.2 Å². The molecule has 2 aliphatic carbocycles. The van der Waals surface area contributed by atoms with Crippen molar-refractivity contribution in [1.29, 1.82) is 0 Å². The average Bonchev–Trinajstić information content (AvgIpc) is 4.28. The molecule has 6 heterocycles. The van der Waals surface area contributed by atoms with Crippen molar-refractivity contribution in [3.05, 3.63) is 69.4 Å². The molecule has 22 heteroatoms. The molecule has 0 bridgehead atoms. The quantitative estimate of drug-likeness (QED) is 0.112. The maximum atomic E-state index is 12.7. The minimum atomic E-state index is -1.00. The summed E-state index contributed by atoms with van der Waals surface area (Å²) in [6, 6.07) is 3.17. The van der Waals surface area contributed by atoms with Gasteiger partial charge in [0.2, 0.25) is 11.9 Å². The number of halogens is 4. The Hall–Kier alpha value is -5.17. The lowest BCUT2D eigenvalue weighted by Gasteiger charge is -2.32. The summed E-state index contributed by atoms with van der Waals surface area (Å²) in [4.78, 5) is 67.9. The number of carbonyl (C=O) groups is 3. The molecule has 4 atom stereocenters. The summed E-state index contributed by atoms with van der Waals surface area (Å²) in [6.07, 6.45) is 18.8. The van der Waals surface area contributed by atoms with Crippen molar-refractivity contribution in [2.24, 2.45) is 35.5 Å². The van der Waals surface area contributed by atoms with Crippen LogP contribution in [0.5, 0.6) is 0 Å². The number of nitrogens with one attached hydrogen (secondary N) is 2. The lowest BCUT2D eigenvalue weighted by atomic mass is 9.90. The zero-order valence-electron chi connectivity index (χ0n) is 45.5. The molecule has 4 fully saturated rings. The first-order valence-corrected chi connectivity index (χ1v) is 27.8. The van der Waals surface area contributed by atoms with Crippen LogP contribution in [0, 0.1) is 35.5 Å². The van der Waals surface area contributed by atoms with E-state index in [9.17, 15) is 14.4 Å². The molecule has 0 unspecified atom stereocenters. The zero-order chi connectivity index (χ0) is 55.5. The molecule has 18 nitrogen and oxygen atoms in total. The molecule has 4 aromatic heterocycles. The van der Waals surface area contributed by atoms with E-state index in [1.165, 1.54) is 70.1 Å². The van der Waals surface area contributed by atoms with Crippen molar-refractivity contribution >= 4 is 99.6 Å². The van der Waals surface area contributed by atoms with E-state index in [-0.39, 0.29) is 16.5 Å². The highest BCUT2D eigenvalue weighted by atomic mass is 35.5. The summed E-state index contributed by atoms with van der Waals surface area (Å²) in [5, 5.41) is 7.50. The maximum absolute atomic E-state index is 12.7. The van der Waals surface area contributed by atoms with Crippen LogP contribution in [0.1, 0.15) is 127 Å². The standard InChI is InChI=1S/C20H30ClN3O6.C19H24Cl2N6.C15H22ClN3/c1-18(2,3)28-15(25)23-12-10-13(21)14(22-11-12)24(16(26)29-19(4,5)6)17(27)30-20(7,8)9;20-14-9-25-19(26-10-14)27-5-2-12(3-6-27)16-7-13(16)1-4-23-15-8-17(21)18(22)24-11-15;1-2-3-12-8-14(12)11-4-6-19(7-5-11)15-17-9-13(16)10-18-15/h10-11H,1-9H3,(H,23,25);8-13,16,23H,1-7H2,(H2,22,24);9-12,14H,2-8H2,1H3/t;13-,16-;12-,14-/m.11/s1. The fraction of sp³-hybridized carbons (Fsp3) is 0.611. The molecule has 2 aliphatic heterocycles. The Morgan fingerprint density at radius 1 is 0.618 bits per heavy atom. The highest BCUT2D eigenvalue weighted by Crippen LogP contribution is 2.51. The first-order valence-electron chi connectivity index (χ1n) is 26.3. The molecule has 416 valence electrons. The van der Waals surface area contributed by atoms with E-state index >= 15 is 0 Å². The second-order valence-electron chi connectivity index (χ2n) is 22.9. The van der Waals surface area contributed by atoms with E-state index in [1.54, 1.807) is 93.3 Å². The van der Waals surface area contributed by atoms with Crippen molar-refractivity contribution in [3.8, 4) is 0 Å². The Morgan fingerprint density at radius 2 is 1.05 bits per heavy atom. The van der Waals surface area contributed by atoms with Crippen LogP contribution in [0.15, 0.2) is 49.3 Å². The van der Waals surface area contributed by atoms with Gasteiger partial charge in [-0.05, 0) is 155 Å². The molecule has 8 rings (SSSR count). The van der Waals surface area contributed by atoms with E-state index in [1.807, 2.05) is 6.07 Å². The van der Waals surface area contributed by atoms with Crippen LogP contribution < -0.4 is 31.1 Å². The molecule has 4 N–H and O–H groups in total. The van der Waals surface area contributed by atoms with Gasteiger partial charge in [0.15, 0.2) is 5.82 Å². The molecule has 2 saturated carbocycles. The predicted octanol–water partition coefficient (Wildman–Crippen LogP) is 13.7. The summed E-state index contributed by atoms with van der Waals surface area (Å²) in [5.41, 5.74) is 4.35. The van der Waals surface area contributed by atoms with Gasteiger partial charge in [-0.2, -0.15) is 4.90 Å². The van der Waals surface area contributed by atoms with Crippen LogP contribution in [0.4, 0.5) is 49.3 Å². The Morgan fingerprint density at radius 3 is 1.47 bits per heavy atom. The molecule has 4 aromatic rings. The first kappa shape index (κ1) is 60.1. The number of nitrogen functional groups attached to an aromatic ring is 1. The first-order chi connectivity index (χ1) is 35.8. The summed E-state index contributed by atoms with van der Waals surface area (Å²) < 4.78 is 15.8.